The molecule has 3 fully saturated rings. The van der Waals surface area contributed by atoms with Crippen LogP contribution >= 0.6 is 0 Å². The monoisotopic (exact) mass is 628 g/mol. The van der Waals surface area contributed by atoms with Crippen molar-refractivity contribution in [3.05, 3.63) is 36.0 Å². The number of nitrogens with one attached hydrogen (secondary N) is 1. The summed E-state index contributed by atoms with van der Waals surface area (Å²) in [4.78, 5) is 39.7. The number of rotatable bonds is 8. The van der Waals surface area contributed by atoms with Gasteiger partial charge in [0.25, 0.3) is 0 Å². The van der Waals surface area contributed by atoms with Gasteiger partial charge in [-0.25, -0.2) is 4.79 Å². The van der Waals surface area contributed by atoms with Crippen molar-refractivity contribution < 1.29 is 33.3 Å². The molecule has 7 atom stereocenters. The third kappa shape index (κ3) is 12.3. The molecule has 0 aromatic heterocycles. The van der Waals surface area contributed by atoms with Crippen LogP contribution in [0.25, 0.3) is 0 Å². The molecule has 45 heavy (non-hydrogen) atoms. The van der Waals surface area contributed by atoms with E-state index in [9.17, 15) is 14.4 Å². The number of hydrogen-bond acceptors (Lipinski definition) is 8. The molecule has 1 N–H and O–H groups in total. The van der Waals surface area contributed by atoms with Gasteiger partial charge in [-0.1, -0.05) is 44.1 Å². The molecule has 252 valence electrons. The highest BCUT2D eigenvalue weighted by Gasteiger charge is 2.33. The zero-order valence-electron chi connectivity index (χ0n) is 27.8. The third-order valence-electron chi connectivity index (χ3n) is 9.47. The van der Waals surface area contributed by atoms with Gasteiger partial charge in [0, 0.05) is 51.0 Å². The number of methoxy groups -OCH3 is 1. The average molecular weight is 629 g/mol. The standard InChI is InChI=1S/C36H56N2O7/c1-26-14-15-27(2)33(12-7-5-4-6-8-13-34(39)38-18-16-37-17-19-38)45-36(41)25-32-22-28(23-35(40)42-3)21-31(44-32)24-30-11-9-10-29(20-26)43-30/h7,12,14-15,23,26-27,29-33,37H,4-6,8-11,13,16-22,24-25H2,1-3H3/b12-7+,15-14+,28-23-. The fourth-order valence-corrected chi connectivity index (χ4v) is 6.95. The Hall–Kier alpha value is -2.49. The summed E-state index contributed by atoms with van der Waals surface area (Å²) in [6.45, 7) is 7.69. The number of piperazine rings is 1. The fraction of sp³-hybridized carbons (Fsp3) is 0.750. The van der Waals surface area contributed by atoms with Gasteiger partial charge in [0.2, 0.25) is 5.91 Å². The molecule has 0 aromatic carbocycles. The number of fused-ring (bicyclic) bond motifs is 4. The SMILES string of the molecule is COC(=O)/C=C1\CC2CC(=O)OC(/C=C/CCCCCC(=O)N3CCNCC3)C(C)/C=C/C(C)CC3CCCC(CC(C1)O2)O3. The number of cyclic esters (lactones) is 1. The van der Waals surface area contributed by atoms with Gasteiger partial charge in [-0.2, -0.15) is 0 Å². The second kappa shape index (κ2) is 18.6. The summed E-state index contributed by atoms with van der Waals surface area (Å²) in [5.74, 6) is -0.0660. The van der Waals surface area contributed by atoms with Gasteiger partial charge in [-0.05, 0) is 69.8 Å². The highest BCUT2D eigenvalue weighted by molar-refractivity contribution is 5.82. The van der Waals surface area contributed by atoms with Gasteiger partial charge in [-0.15, -0.1) is 0 Å². The largest absolute Gasteiger partial charge is 0.466 e. The van der Waals surface area contributed by atoms with Crippen LogP contribution < -0.4 is 5.32 Å². The second-order valence-electron chi connectivity index (χ2n) is 13.4. The van der Waals surface area contributed by atoms with Gasteiger partial charge in [0.05, 0.1) is 37.9 Å². The molecule has 7 unspecified atom stereocenters. The normalized spacial score (nSPS) is 33.5. The van der Waals surface area contributed by atoms with Crippen molar-refractivity contribution in [1.82, 2.24) is 10.2 Å². The highest BCUT2D eigenvalue weighted by atomic mass is 16.6. The lowest BCUT2D eigenvalue weighted by Crippen LogP contribution is -2.46. The molecule has 4 bridgehead atoms. The van der Waals surface area contributed by atoms with Crippen LogP contribution in [0.15, 0.2) is 36.0 Å². The molecular weight excluding hydrogens is 572 g/mol. The predicted octanol–water partition coefficient (Wildman–Crippen LogP) is 5.43. The molecule has 4 rings (SSSR count). The summed E-state index contributed by atoms with van der Waals surface area (Å²) < 4.78 is 23.9. The third-order valence-corrected chi connectivity index (χ3v) is 9.47. The van der Waals surface area contributed by atoms with E-state index in [0.717, 1.165) is 89.5 Å². The minimum atomic E-state index is -0.386. The van der Waals surface area contributed by atoms with Crippen LogP contribution in [-0.2, 0) is 33.3 Å². The molecule has 9 heteroatoms. The van der Waals surface area contributed by atoms with E-state index in [0.29, 0.717) is 25.2 Å². The van der Waals surface area contributed by atoms with E-state index in [4.69, 9.17) is 18.9 Å². The Morgan fingerprint density at radius 3 is 2.47 bits per heavy atom. The summed E-state index contributed by atoms with van der Waals surface area (Å²) in [5.41, 5.74) is 0.945. The fourth-order valence-electron chi connectivity index (χ4n) is 6.95. The molecule has 0 radical (unpaired) electrons. The van der Waals surface area contributed by atoms with Crippen molar-refractivity contribution in [2.75, 3.05) is 33.3 Å². The van der Waals surface area contributed by atoms with Crippen molar-refractivity contribution in [3.63, 3.8) is 0 Å². The first-order valence-corrected chi connectivity index (χ1v) is 17.4. The van der Waals surface area contributed by atoms with Gasteiger partial charge < -0.3 is 29.2 Å². The van der Waals surface area contributed by atoms with Gasteiger partial charge in [-0.3, -0.25) is 9.59 Å². The Labute approximate surface area is 270 Å². The van der Waals surface area contributed by atoms with E-state index in [1.54, 1.807) is 6.08 Å². The number of carbonyl (C=O) groups excluding carboxylic acids is 3. The van der Waals surface area contributed by atoms with Crippen LogP contribution in [0.4, 0.5) is 0 Å². The molecule has 4 aliphatic rings. The summed E-state index contributed by atoms with van der Waals surface area (Å²) in [6.07, 6.45) is 20.1. The van der Waals surface area contributed by atoms with Crippen molar-refractivity contribution in [2.24, 2.45) is 11.8 Å². The van der Waals surface area contributed by atoms with Crippen molar-refractivity contribution in [2.45, 2.75) is 128 Å². The summed E-state index contributed by atoms with van der Waals surface area (Å²) in [7, 11) is 1.38. The maximum absolute atomic E-state index is 13.3. The summed E-state index contributed by atoms with van der Waals surface area (Å²) >= 11 is 0. The van der Waals surface area contributed by atoms with Crippen LogP contribution in [0.5, 0.6) is 0 Å². The number of hydrogen-bond donors (Lipinski definition) is 1. The van der Waals surface area contributed by atoms with Crippen LogP contribution in [0.3, 0.4) is 0 Å². The van der Waals surface area contributed by atoms with Gasteiger partial charge in [0.15, 0.2) is 0 Å². The predicted molar refractivity (Wildman–Crippen MR) is 173 cm³/mol. The second-order valence-corrected chi connectivity index (χ2v) is 13.4. The number of amides is 1. The molecule has 3 saturated heterocycles. The van der Waals surface area contributed by atoms with Crippen molar-refractivity contribution in [1.29, 1.82) is 0 Å². The lowest BCUT2D eigenvalue weighted by atomic mass is 9.89. The summed E-state index contributed by atoms with van der Waals surface area (Å²) in [6, 6.07) is 0. The quantitative estimate of drug-likeness (QED) is 0.164. The van der Waals surface area contributed by atoms with E-state index < -0.39 is 0 Å². The Balaban J connectivity index is 1.37. The van der Waals surface area contributed by atoms with Gasteiger partial charge >= 0.3 is 11.9 Å². The van der Waals surface area contributed by atoms with E-state index in [2.05, 4.69) is 37.4 Å². The first-order chi connectivity index (χ1) is 21.8. The molecule has 9 nitrogen and oxygen atoms in total. The Bertz CT molecular complexity index is 1050. The first-order valence-electron chi connectivity index (χ1n) is 17.4. The molecule has 0 aliphatic carbocycles. The van der Waals surface area contributed by atoms with E-state index >= 15 is 0 Å². The average Bonchev–Trinajstić information content (AvgIpc) is 3.02. The number of carbonyl (C=O) groups is 3. The minimum absolute atomic E-state index is 0.00652. The van der Waals surface area contributed by atoms with Crippen LogP contribution in [0.2, 0.25) is 0 Å². The lowest BCUT2D eigenvalue weighted by Gasteiger charge is -2.37. The number of allylic oxidation sites excluding steroid dienone is 2. The van der Waals surface area contributed by atoms with Gasteiger partial charge in [0.1, 0.15) is 6.10 Å². The highest BCUT2D eigenvalue weighted by Crippen LogP contribution is 2.33. The zero-order valence-corrected chi connectivity index (χ0v) is 27.8. The molecule has 4 heterocycles. The van der Waals surface area contributed by atoms with Crippen LogP contribution in [0.1, 0.15) is 97.3 Å². The maximum atomic E-state index is 13.3. The molecule has 0 spiro atoms. The summed E-state index contributed by atoms with van der Waals surface area (Å²) in [5, 5.41) is 3.29. The topological polar surface area (TPSA) is 103 Å². The maximum Gasteiger partial charge on any atom is 0.330 e. The Morgan fingerprint density at radius 1 is 0.956 bits per heavy atom. The molecule has 1 amide bonds. The Morgan fingerprint density at radius 2 is 1.69 bits per heavy atom. The number of unbranched alkanes of at least 4 members (excludes halogenated alkanes) is 3. The molecule has 0 saturated carbocycles. The smallest absolute Gasteiger partial charge is 0.330 e. The minimum Gasteiger partial charge on any atom is -0.466 e. The number of ether oxygens (including phenoxy) is 4. The van der Waals surface area contributed by atoms with E-state index in [1.165, 1.54) is 7.11 Å². The lowest BCUT2D eigenvalue weighted by molar-refractivity contribution is -0.154. The number of esters is 2. The van der Waals surface area contributed by atoms with E-state index in [-0.39, 0.29) is 60.7 Å². The van der Waals surface area contributed by atoms with Crippen LogP contribution in [-0.4, -0.2) is 86.6 Å². The number of nitrogens with zero attached hydrogens (tertiary/aromatic N) is 1. The molecular formula is C36H56N2O7. The van der Waals surface area contributed by atoms with Crippen molar-refractivity contribution >= 4 is 17.8 Å². The molecule has 4 aliphatic heterocycles. The Kier molecular flexibility index (Phi) is 14.6. The van der Waals surface area contributed by atoms with Crippen molar-refractivity contribution in [3.8, 4) is 0 Å². The first kappa shape index (κ1) is 35.4. The van der Waals surface area contributed by atoms with Crippen LogP contribution in [0, 0.1) is 11.8 Å². The zero-order chi connectivity index (χ0) is 32.0. The van der Waals surface area contributed by atoms with E-state index in [1.807, 2.05) is 11.0 Å². The molecule has 0 aromatic rings.